The first-order valence-electron chi connectivity index (χ1n) is 7.30. The van der Waals surface area contributed by atoms with E-state index in [1.807, 2.05) is 0 Å². The first-order chi connectivity index (χ1) is 12.5. The van der Waals surface area contributed by atoms with Gasteiger partial charge in [0, 0.05) is 6.07 Å². The molecule has 2 aromatic heterocycles. The zero-order chi connectivity index (χ0) is 18.3. The van der Waals surface area contributed by atoms with Gasteiger partial charge in [0.05, 0.1) is 5.56 Å². The lowest BCUT2D eigenvalue weighted by Crippen LogP contribution is -2.05. The van der Waals surface area contributed by atoms with Crippen LogP contribution in [0.15, 0.2) is 47.0 Å². The maximum absolute atomic E-state index is 13.9. The van der Waals surface area contributed by atoms with Crippen molar-refractivity contribution in [1.82, 2.24) is 25.1 Å². The summed E-state index contributed by atoms with van der Waals surface area (Å²) in [5.41, 5.74) is 5.95. The minimum atomic E-state index is -0.870. The van der Waals surface area contributed by atoms with Crippen LogP contribution in [-0.2, 0) is 0 Å². The maximum atomic E-state index is 13.9. The van der Waals surface area contributed by atoms with E-state index in [4.69, 9.17) is 10.3 Å². The van der Waals surface area contributed by atoms with E-state index in [0.717, 1.165) is 16.8 Å². The first kappa shape index (κ1) is 15.8. The number of nitrogen functional groups attached to an aromatic ring is 1. The fourth-order valence-electron chi connectivity index (χ4n) is 2.34. The Labute approximate surface area is 143 Å². The summed E-state index contributed by atoms with van der Waals surface area (Å²) in [6, 6.07) is 8.81. The van der Waals surface area contributed by atoms with Gasteiger partial charge in [0.1, 0.15) is 17.3 Å². The van der Waals surface area contributed by atoms with Crippen LogP contribution in [0.5, 0.6) is 0 Å². The second-order valence-corrected chi connectivity index (χ2v) is 5.23. The highest BCUT2D eigenvalue weighted by Crippen LogP contribution is 2.28. The molecule has 0 aliphatic rings. The van der Waals surface area contributed by atoms with Gasteiger partial charge in [0.25, 0.3) is 5.89 Å². The van der Waals surface area contributed by atoms with Gasteiger partial charge in [0.2, 0.25) is 5.82 Å². The Hall–Kier alpha value is -3.69. The topological polar surface area (TPSA) is 95.7 Å². The minimum Gasteiger partial charge on any atom is -0.382 e. The number of hydrogen-bond acceptors (Lipinski definition) is 6. The molecule has 0 saturated heterocycles. The summed E-state index contributed by atoms with van der Waals surface area (Å²) in [5.74, 6) is -2.35. The van der Waals surface area contributed by atoms with Crippen LogP contribution in [-0.4, -0.2) is 25.1 Å². The van der Waals surface area contributed by atoms with E-state index >= 15 is 0 Å². The molecule has 0 fully saturated rings. The number of halogens is 3. The van der Waals surface area contributed by atoms with Crippen LogP contribution >= 0.6 is 0 Å². The predicted molar refractivity (Wildman–Crippen MR) is 84.4 cm³/mol. The number of rotatable bonds is 3. The average Bonchev–Trinajstić information content (AvgIpc) is 3.22. The molecule has 0 aliphatic heterocycles. The van der Waals surface area contributed by atoms with E-state index in [9.17, 15) is 13.2 Å². The molecule has 10 heteroatoms. The van der Waals surface area contributed by atoms with Gasteiger partial charge in [-0.2, -0.15) is 9.67 Å². The molecule has 130 valence electrons. The molecule has 0 saturated carbocycles. The van der Waals surface area contributed by atoms with Crippen molar-refractivity contribution in [2.24, 2.45) is 0 Å². The first-order valence-corrected chi connectivity index (χ1v) is 7.30. The molecule has 0 radical (unpaired) electrons. The third-order valence-electron chi connectivity index (χ3n) is 3.59. The molecule has 0 spiro atoms. The Bertz CT molecular complexity index is 1110. The van der Waals surface area contributed by atoms with Gasteiger partial charge in [-0.3, -0.25) is 0 Å². The van der Waals surface area contributed by atoms with E-state index in [0.29, 0.717) is 6.07 Å². The van der Waals surface area contributed by atoms with Gasteiger partial charge in [-0.05, 0) is 24.3 Å². The smallest absolute Gasteiger partial charge is 0.282 e. The number of hydrogen-bond donors (Lipinski definition) is 1. The molecular formula is C16H9F3N6O. The Morgan fingerprint density at radius 2 is 1.81 bits per heavy atom. The molecule has 0 unspecified atom stereocenters. The van der Waals surface area contributed by atoms with Crippen molar-refractivity contribution < 1.29 is 17.7 Å². The van der Waals surface area contributed by atoms with Crippen molar-refractivity contribution in [3.8, 4) is 28.7 Å². The summed E-state index contributed by atoms with van der Waals surface area (Å²) in [4.78, 5) is 4.05. The standard InChI is InChI=1S/C16H9F3N6O/c17-8-5-6-12(11(19)7-8)25-14(20)13(22-24-25)16-21-15(23-26-16)9-3-1-2-4-10(9)18/h1-7H,20H2. The average molecular weight is 358 g/mol. The highest BCUT2D eigenvalue weighted by Gasteiger charge is 2.22. The van der Waals surface area contributed by atoms with Gasteiger partial charge in [-0.15, -0.1) is 5.10 Å². The number of anilines is 1. The molecule has 2 N–H and O–H groups in total. The van der Waals surface area contributed by atoms with Crippen molar-refractivity contribution >= 4 is 5.82 Å². The van der Waals surface area contributed by atoms with Crippen LogP contribution in [0, 0.1) is 17.5 Å². The van der Waals surface area contributed by atoms with Crippen LogP contribution in [0.25, 0.3) is 28.7 Å². The summed E-state index contributed by atoms with van der Waals surface area (Å²) >= 11 is 0. The van der Waals surface area contributed by atoms with Crippen LogP contribution < -0.4 is 5.73 Å². The summed E-state index contributed by atoms with van der Waals surface area (Å²) in [7, 11) is 0. The van der Waals surface area contributed by atoms with Crippen molar-refractivity contribution in [3.63, 3.8) is 0 Å². The number of aromatic nitrogens is 5. The second-order valence-electron chi connectivity index (χ2n) is 5.23. The number of nitrogens with two attached hydrogens (primary N) is 1. The molecule has 0 aliphatic carbocycles. The molecule has 7 nitrogen and oxygen atoms in total. The fraction of sp³-hybridized carbons (Fsp3) is 0. The zero-order valence-electron chi connectivity index (χ0n) is 12.9. The zero-order valence-corrected chi connectivity index (χ0v) is 12.9. The lowest BCUT2D eigenvalue weighted by molar-refractivity contribution is 0.430. The quantitative estimate of drug-likeness (QED) is 0.605. The Kier molecular flexibility index (Phi) is 3.64. The highest BCUT2D eigenvalue weighted by molar-refractivity contribution is 5.66. The highest BCUT2D eigenvalue weighted by atomic mass is 19.1. The molecule has 0 atom stereocenters. The third-order valence-corrected chi connectivity index (χ3v) is 3.59. The fourth-order valence-corrected chi connectivity index (χ4v) is 2.34. The third kappa shape index (κ3) is 2.57. The Morgan fingerprint density at radius 1 is 1.00 bits per heavy atom. The molecule has 4 aromatic rings. The van der Waals surface area contributed by atoms with Crippen molar-refractivity contribution in [1.29, 1.82) is 0 Å². The molecule has 4 rings (SSSR count). The largest absolute Gasteiger partial charge is 0.382 e. The Morgan fingerprint density at radius 3 is 2.58 bits per heavy atom. The monoisotopic (exact) mass is 358 g/mol. The molecular weight excluding hydrogens is 349 g/mol. The normalized spacial score (nSPS) is 11.0. The van der Waals surface area contributed by atoms with E-state index in [-0.39, 0.29) is 34.5 Å². The van der Waals surface area contributed by atoms with Crippen LogP contribution in [0.2, 0.25) is 0 Å². The second kappa shape index (κ2) is 5.99. The summed E-state index contributed by atoms with van der Waals surface area (Å²) in [6.45, 7) is 0. The molecule has 0 bridgehead atoms. The summed E-state index contributed by atoms with van der Waals surface area (Å²) in [5, 5.41) is 11.2. The van der Waals surface area contributed by atoms with Crippen molar-refractivity contribution in [3.05, 3.63) is 59.9 Å². The van der Waals surface area contributed by atoms with Crippen LogP contribution in [0.4, 0.5) is 19.0 Å². The summed E-state index contributed by atoms with van der Waals surface area (Å²) in [6.07, 6.45) is 0. The SMILES string of the molecule is Nc1c(-c2nc(-c3ccccc3F)no2)nnn1-c1ccc(F)cc1F. The van der Waals surface area contributed by atoms with Gasteiger partial charge >= 0.3 is 0 Å². The minimum absolute atomic E-state index is 0.0000118. The van der Waals surface area contributed by atoms with Crippen LogP contribution in [0.3, 0.4) is 0 Å². The van der Waals surface area contributed by atoms with Gasteiger partial charge in [-0.1, -0.05) is 22.5 Å². The molecule has 2 heterocycles. The van der Waals surface area contributed by atoms with E-state index in [1.54, 1.807) is 6.07 Å². The van der Waals surface area contributed by atoms with Crippen LogP contribution in [0.1, 0.15) is 0 Å². The van der Waals surface area contributed by atoms with Gasteiger partial charge in [-0.25, -0.2) is 13.2 Å². The van der Waals surface area contributed by atoms with Crippen molar-refractivity contribution in [2.45, 2.75) is 0 Å². The molecule has 0 amide bonds. The Balaban J connectivity index is 1.75. The molecule has 26 heavy (non-hydrogen) atoms. The lowest BCUT2D eigenvalue weighted by Gasteiger charge is -2.04. The number of benzene rings is 2. The predicted octanol–water partition coefficient (Wildman–Crippen LogP) is 2.98. The number of nitrogens with zero attached hydrogens (tertiary/aromatic N) is 5. The molecule has 2 aromatic carbocycles. The summed E-state index contributed by atoms with van der Waals surface area (Å²) < 4.78 is 46.8. The van der Waals surface area contributed by atoms with Crippen molar-refractivity contribution in [2.75, 3.05) is 5.73 Å². The van der Waals surface area contributed by atoms with Gasteiger partial charge < -0.3 is 10.3 Å². The van der Waals surface area contributed by atoms with Gasteiger partial charge in [0.15, 0.2) is 17.3 Å². The van der Waals surface area contributed by atoms with E-state index in [1.165, 1.54) is 18.2 Å². The lowest BCUT2D eigenvalue weighted by atomic mass is 10.2. The van der Waals surface area contributed by atoms with E-state index < -0.39 is 17.5 Å². The van der Waals surface area contributed by atoms with E-state index in [2.05, 4.69) is 20.5 Å². The maximum Gasteiger partial charge on any atom is 0.282 e.